The van der Waals surface area contributed by atoms with Gasteiger partial charge in [0.25, 0.3) is 0 Å². The zero-order valence-corrected chi connectivity index (χ0v) is 11.9. The molecule has 0 aliphatic carbocycles. The monoisotopic (exact) mass is 275 g/mol. The number of hydrogen-bond acceptors (Lipinski definition) is 2. The van der Waals surface area contributed by atoms with Gasteiger partial charge in [0, 0.05) is 31.9 Å². The van der Waals surface area contributed by atoms with Crippen LogP contribution >= 0.6 is 11.3 Å². The van der Waals surface area contributed by atoms with Crippen molar-refractivity contribution in [3.63, 3.8) is 0 Å². The number of nitrogens with zero attached hydrogens (tertiary/aromatic N) is 1. The number of aryl methyl sites for hydroxylation is 1. The number of benzene rings is 2. The normalized spacial score (nSPS) is 11.2. The van der Waals surface area contributed by atoms with Crippen LogP contribution in [0.15, 0.2) is 60.8 Å². The lowest BCUT2D eigenvalue weighted by molar-refractivity contribution is 1.36. The molecule has 4 aromatic rings. The molecule has 0 aliphatic heterocycles. The van der Waals surface area contributed by atoms with E-state index < -0.39 is 0 Å². The standard InChI is InChI=1S/C18H13NS/c1-12-6-5-9-14-15-11-19-16(10-17(15)20-18(12)14)13-7-3-2-4-8-13/h2-11H,1H3. The fourth-order valence-electron chi connectivity index (χ4n) is 2.60. The highest BCUT2D eigenvalue weighted by Gasteiger charge is 2.08. The van der Waals surface area contributed by atoms with Crippen LogP contribution in [-0.2, 0) is 0 Å². The highest BCUT2D eigenvalue weighted by atomic mass is 32.1. The van der Waals surface area contributed by atoms with Gasteiger partial charge < -0.3 is 0 Å². The summed E-state index contributed by atoms with van der Waals surface area (Å²) in [5.74, 6) is 0. The number of rotatable bonds is 1. The van der Waals surface area contributed by atoms with E-state index in [1.165, 1.54) is 31.3 Å². The lowest BCUT2D eigenvalue weighted by Gasteiger charge is -2.00. The Labute approximate surface area is 121 Å². The highest BCUT2D eigenvalue weighted by Crippen LogP contribution is 2.36. The van der Waals surface area contributed by atoms with Crippen LogP contribution in [0.3, 0.4) is 0 Å². The Hall–Kier alpha value is -2.19. The minimum Gasteiger partial charge on any atom is -0.256 e. The van der Waals surface area contributed by atoms with Gasteiger partial charge in [-0.05, 0) is 18.6 Å². The first kappa shape index (κ1) is 11.6. The van der Waals surface area contributed by atoms with E-state index in [0.717, 1.165) is 5.69 Å². The Kier molecular flexibility index (Phi) is 2.57. The van der Waals surface area contributed by atoms with Gasteiger partial charge in [-0.2, -0.15) is 0 Å². The molecule has 0 aliphatic rings. The molecule has 0 saturated carbocycles. The molecule has 0 unspecified atom stereocenters. The predicted molar refractivity (Wildman–Crippen MR) is 87.3 cm³/mol. The number of aromatic nitrogens is 1. The molecule has 0 amide bonds. The first-order valence-corrected chi connectivity index (χ1v) is 7.48. The van der Waals surface area contributed by atoms with Gasteiger partial charge in [-0.15, -0.1) is 11.3 Å². The van der Waals surface area contributed by atoms with Crippen LogP contribution in [0.4, 0.5) is 0 Å². The van der Waals surface area contributed by atoms with Crippen molar-refractivity contribution in [2.45, 2.75) is 6.92 Å². The third-order valence-electron chi connectivity index (χ3n) is 3.65. The van der Waals surface area contributed by atoms with Gasteiger partial charge in [0.1, 0.15) is 0 Å². The molecule has 0 radical (unpaired) electrons. The molecule has 1 nitrogen and oxygen atoms in total. The molecule has 4 rings (SSSR count). The molecule has 2 heterocycles. The zero-order chi connectivity index (χ0) is 13.5. The summed E-state index contributed by atoms with van der Waals surface area (Å²) in [6, 6.07) is 19.0. The van der Waals surface area contributed by atoms with Gasteiger partial charge in [-0.1, -0.05) is 48.5 Å². The second-order valence-corrected chi connectivity index (χ2v) is 6.04. The van der Waals surface area contributed by atoms with Gasteiger partial charge in [0.2, 0.25) is 0 Å². The molecule has 96 valence electrons. The number of hydrogen-bond donors (Lipinski definition) is 0. The molecular formula is C18H13NS. The lowest BCUT2D eigenvalue weighted by Crippen LogP contribution is -1.81. The topological polar surface area (TPSA) is 12.9 Å². The first-order valence-electron chi connectivity index (χ1n) is 6.66. The van der Waals surface area contributed by atoms with E-state index in [2.05, 4.69) is 60.4 Å². The predicted octanol–water partition coefficient (Wildman–Crippen LogP) is 5.42. The fourth-order valence-corrected chi connectivity index (χ4v) is 3.78. The minimum atomic E-state index is 1.04. The van der Waals surface area contributed by atoms with Crippen LogP contribution in [-0.4, -0.2) is 4.98 Å². The Bertz CT molecular complexity index is 907. The molecular weight excluding hydrogens is 262 g/mol. The van der Waals surface area contributed by atoms with Crippen molar-refractivity contribution in [1.82, 2.24) is 4.98 Å². The third kappa shape index (κ3) is 1.73. The molecule has 0 atom stereocenters. The van der Waals surface area contributed by atoms with Gasteiger partial charge in [-0.3, -0.25) is 4.98 Å². The van der Waals surface area contributed by atoms with Crippen LogP contribution in [0.25, 0.3) is 31.4 Å². The SMILES string of the molecule is Cc1cccc2c1sc1cc(-c3ccccc3)ncc12. The third-order valence-corrected chi connectivity index (χ3v) is 4.95. The summed E-state index contributed by atoms with van der Waals surface area (Å²) < 4.78 is 2.68. The minimum absolute atomic E-state index is 1.04. The van der Waals surface area contributed by atoms with Crippen LogP contribution in [0.5, 0.6) is 0 Å². The maximum atomic E-state index is 4.64. The van der Waals surface area contributed by atoms with E-state index in [4.69, 9.17) is 0 Å². The second kappa shape index (κ2) is 4.43. The molecule has 0 fully saturated rings. The van der Waals surface area contributed by atoms with Crippen LogP contribution in [0, 0.1) is 6.92 Å². The molecule has 0 bridgehead atoms. The van der Waals surface area contributed by atoms with Crippen molar-refractivity contribution in [1.29, 1.82) is 0 Å². The quantitative estimate of drug-likeness (QED) is 0.451. The molecule has 2 aromatic carbocycles. The summed E-state index contributed by atoms with van der Waals surface area (Å²) in [6.07, 6.45) is 2.01. The summed E-state index contributed by atoms with van der Waals surface area (Å²) in [7, 11) is 0. The zero-order valence-electron chi connectivity index (χ0n) is 11.1. The Morgan fingerprint density at radius 3 is 2.60 bits per heavy atom. The van der Waals surface area contributed by atoms with Crippen molar-refractivity contribution in [2.75, 3.05) is 0 Å². The van der Waals surface area contributed by atoms with Crippen LogP contribution in [0.2, 0.25) is 0 Å². The van der Waals surface area contributed by atoms with E-state index >= 15 is 0 Å². The average molecular weight is 275 g/mol. The van der Waals surface area contributed by atoms with Gasteiger partial charge in [0.05, 0.1) is 5.69 Å². The molecule has 2 heteroatoms. The Morgan fingerprint density at radius 1 is 0.900 bits per heavy atom. The van der Waals surface area contributed by atoms with Gasteiger partial charge in [0.15, 0.2) is 0 Å². The van der Waals surface area contributed by atoms with Crippen LogP contribution in [0.1, 0.15) is 5.56 Å². The maximum absolute atomic E-state index is 4.64. The Balaban J connectivity index is 2.01. The summed E-state index contributed by atoms with van der Waals surface area (Å²) in [4.78, 5) is 4.64. The average Bonchev–Trinajstić information content (AvgIpc) is 2.87. The van der Waals surface area contributed by atoms with Crippen molar-refractivity contribution < 1.29 is 0 Å². The van der Waals surface area contributed by atoms with E-state index in [9.17, 15) is 0 Å². The largest absolute Gasteiger partial charge is 0.256 e. The van der Waals surface area contributed by atoms with E-state index in [0.29, 0.717) is 0 Å². The summed E-state index contributed by atoms with van der Waals surface area (Å²) >= 11 is 1.86. The van der Waals surface area contributed by atoms with Crippen molar-refractivity contribution in [3.05, 3.63) is 66.4 Å². The molecule has 0 saturated heterocycles. The molecule has 2 aromatic heterocycles. The van der Waals surface area contributed by atoms with Crippen molar-refractivity contribution in [3.8, 4) is 11.3 Å². The van der Waals surface area contributed by atoms with Crippen LogP contribution < -0.4 is 0 Å². The highest BCUT2D eigenvalue weighted by molar-refractivity contribution is 7.26. The van der Waals surface area contributed by atoms with Crippen molar-refractivity contribution in [2.24, 2.45) is 0 Å². The summed E-state index contributed by atoms with van der Waals surface area (Å²) in [5, 5.41) is 2.57. The van der Waals surface area contributed by atoms with Gasteiger partial charge >= 0.3 is 0 Å². The Morgan fingerprint density at radius 2 is 1.75 bits per heavy atom. The van der Waals surface area contributed by atoms with E-state index in [1.54, 1.807) is 0 Å². The maximum Gasteiger partial charge on any atom is 0.0716 e. The number of fused-ring (bicyclic) bond motifs is 3. The molecule has 0 N–H and O–H groups in total. The van der Waals surface area contributed by atoms with E-state index in [-0.39, 0.29) is 0 Å². The summed E-state index contributed by atoms with van der Waals surface area (Å²) in [6.45, 7) is 2.17. The second-order valence-electron chi connectivity index (χ2n) is 4.99. The fraction of sp³-hybridized carbons (Fsp3) is 0.0556. The number of thiophene rings is 1. The van der Waals surface area contributed by atoms with Gasteiger partial charge in [-0.25, -0.2) is 0 Å². The van der Waals surface area contributed by atoms with E-state index in [1.807, 2.05) is 23.6 Å². The first-order chi connectivity index (χ1) is 9.83. The molecule has 20 heavy (non-hydrogen) atoms. The van der Waals surface area contributed by atoms with Crippen molar-refractivity contribution >= 4 is 31.5 Å². The summed E-state index contributed by atoms with van der Waals surface area (Å²) in [5.41, 5.74) is 3.55. The lowest BCUT2D eigenvalue weighted by atomic mass is 10.1. The molecule has 0 spiro atoms. The number of pyridine rings is 1. The smallest absolute Gasteiger partial charge is 0.0716 e.